The number of hydrogen-bond acceptors (Lipinski definition) is 2. The second-order valence-corrected chi connectivity index (χ2v) is 5.94. The van der Waals surface area contributed by atoms with Gasteiger partial charge in [-0.2, -0.15) is 5.10 Å². The molecule has 0 saturated heterocycles. The topological polar surface area (TPSA) is 39.3 Å². The molecule has 0 aliphatic carbocycles. The Bertz CT molecular complexity index is 1040. The Hall–Kier alpha value is -3.14. The van der Waals surface area contributed by atoms with Gasteiger partial charge in [-0.25, -0.2) is 4.52 Å². The lowest BCUT2D eigenvalue weighted by Crippen LogP contribution is -2.21. The molecule has 0 bridgehead atoms. The zero-order chi connectivity index (χ0) is 16.5. The SMILES string of the molecule is Cc1ccc(-c2cc3c(=O)n(Cc4ccccc4)ccn3n2)cc1. The standard InChI is InChI=1S/C20H17N3O/c1-15-7-9-17(10-8-15)18-13-19-20(24)22(11-12-23(19)21-18)14-16-5-3-2-4-6-16/h2-13H,14H2,1H3. The van der Waals surface area contributed by atoms with Gasteiger partial charge in [-0.3, -0.25) is 4.79 Å². The van der Waals surface area contributed by atoms with E-state index in [1.54, 1.807) is 15.3 Å². The summed E-state index contributed by atoms with van der Waals surface area (Å²) in [4.78, 5) is 12.7. The summed E-state index contributed by atoms with van der Waals surface area (Å²) < 4.78 is 3.37. The summed E-state index contributed by atoms with van der Waals surface area (Å²) in [5, 5.41) is 4.52. The summed E-state index contributed by atoms with van der Waals surface area (Å²) in [5.41, 5.74) is 4.68. The van der Waals surface area contributed by atoms with Gasteiger partial charge in [0.15, 0.2) is 0 Å². The van der Waals surface area contributed by atoms with Gasteiger partial charge in [0, 0.05) is 18.0 Å². The fourth-order valence-corrected chi connectivity index (χ4v) is 2.80. The van der Waals surface area contributed by atoms with Crippen LogP contribution in [0.2, 0.25) is 0 Å². The van der Waals surface area contributed by atoms with Crippen molar-refractivity contribution < 1.29 is 0 Å². The number of aromatic nitrogens is 3. The molecule has 24 heavy (non-hydrogen) atoms. The number of fused-ring (bicyclic) bond motifs is 1. The molecule has 2 aromatic heterocycles. The third-order valence-electron chi connectivity index (χ3n) is 4.15. The van der Waals surface area contributed by atoms with Gasteiger partial charge in [-0.05, 0) is 18.6 Å². The van der Waals surface area contributed by atoms with Crippen molar-refractivity contribution in [2.24, 2.45) is 0 Å². The van der Waals surface area contributed by atoms with E-state index >= 15 is 0 Å². The second kappa shape index (κ2) is 5.81. The maximum Gasteiger partial charge on any atom is 0.276 e. The first-order chi connectivity index (χ1) is 11.7. The predicted octanol–water partition coefficient (Wildman–Crippen LogP) is 3.52. The highest BCUT2D eigenvalue weighted by Gasteiger charge is 2.09. The van der Waals surface area contributed by atoms with Crippen LogP contribution in [-0.4, -0.2) is 14.2 Å². The molecule has 0 fully saturated rings. The summed E-state index contributed by atoms with van der Waals surface area (Å²) in [6.07, 6.45) is 3.62. The van der Waals surface area contributed by atoms with Gasteiger partial charge in [0.1, 0.15) is 5.52 Å². The lowest BCUT2D eigenvalue weighted by atomic mass is 10.1. The summed E-state index contributed by atoms with van der Waals surface area (Å²) in [7, 11) is 0. The van der Waals surface area contributed by atoms with E-state index in [1.807, 2.05) is 66.9 Å². The van der Waals surface area contributed by atoms with E-state index < -0.39 is 0 Å². The molecule has 4 aromatic rings. The Morgan fingerprint density at radius 1 is 0.958 bits per heavy atom. The molecule has 0 aliphatic rings. The molecular weight excluding hydrogens is 298 g/mol. The van der Waals surface area contributed by atoms with Crippen LogP contribution in [0.25, 0.3) is 16.8 Å². The lowest BCUT2D eigenvalue weighted by Gasteiger charge is -2.05. The Morgan fingerprint density at radius 2 is 1.71 bits per heavy atom. The fourth-order valence-electron chi connectivity index (χ4n) is 2.80. The Labute approximate surface area is 139 Å². The monoisotopic (exact) mass is 315 g/mol. The van der Waals surface area contributed by atoms with Crippen LogP contribution in [0.3, 0.4) is 0 Å². The summed E-state index contributed by atoms with van der Waals surface area (Å²) in [6.45, 7) is 2.61. The quantitative estimate of drug-likeness (QED) is 0.580. The van der Waals surface area contributed by atoms with E-state index in [0.717, 1.165) is 16.8 Å². The largest absolute Gasteiger partial charge is 0.308 e. The van der Waals surface area contributed by atoms with Gasteiger partial charge < -0.3 is 4.57 Å². The van der Waals surface area contributed by atoms with Gasteiger partial charge in [-0.1, -0.05) is 60.2 Å². The fraction of sp³-hybridized carbons (Fsp3) is 0.100. The van der Waals surface area contributed by atoms with Crippen LogP contribution < -0.4 is 5.56 Å². The molecule has 0 spiro atoms. The maximum atomic E-state index is 12.7. The molecule has 4 nitrogen and oxygen atoms in total. The Balaban J connectivity index is 1.76. The molecule has 0 N–H and O–H groups in total. The van der Waals surface area contributed by atoms with Crippen molar-refractivity contribution in [1.29, 1.82) is 0 Å². The zero-order valence-corrected chi connectivity index (χ0v) is 13.4. The Morgan fingerprint density at radius 3 is 2.46 bits per heavy atom. The number of hydrogen-bond donors (Lipinski definition) is 0. The van der Waals surface area contributed by atoms with E-state index in [-0.39, 0.29) is 5.56 Å². The highest BCUT2D eigenvalue weighted by Crippen LogP contribution is 2.19. The summed E-state index contributed by atoms with van der Waals surface area (Å²) in [6, 6.07) is 20.0. The van der Waals surface area contributed by atoms with Crippen LogP contribution in [0.15, 0.2) is 77.9 Å². The zero-order valence-electron chi connectivity index (χ0n) is 13.4. The highest BCUT2D eigenvalue weighted by atomic mass is 16.1. The molecule has 4 rings (SSSR count). The highest BCUT2D eigenvalue weighted by molar-refractivity contribution is 5.65. The first-order valence-electron chi connectivity index (χ1n) is 7.90. The van der Waals surface area contributed by atoms with Crippen LogP contribution in [0.4, 0.5) is 0 Å². The number of nitrogens with zero attached hydrogens (tertiary/aromatic N) is 3. The van der Waals surface area contributed by atoms with Crippen molar-refractivity contribution in [1.82, 2.24) is 14.2 Å². The molecule has 0 unspecified atom stereocenters. The van der Waals surface area contributed by atoms with Crippen molar-refractivity contribution in [3.8, 4) is 11.3 Å². The normalized spacial score (nSPS) is 11.0. The first kappa shape index (κ1) is 14.5. The maximum absolute atomic E-state index is 12.7. The minimum atomic E-state index is -0.0350. The molecule has 2 heterocycles. The smallest absolute Gasteiger partial charge is 0.276 e. The van der Waals surface area contributed by atoms with Crippen molar-refractivity contribution in [3.05, 3.63) is 94.5 Å². The molecule has 0 saturated carbocycles. The molecule has 0 aliphatic heterocycles. The molecular formula is C20H17N3O. The summed E-state index contributed by atoms with van der Waals surface area (Å²) in [5.74, 6) is 0. The lowest BCUT2D eigenvalue weighted by molar-refractivity contribution is 0.743. The van der Waals surface area contributed by atoms with Gasteiger partial charge in [-0.15, -0.1) is 0 Å². The third-order valence-corrected chi connectivity index (χ3v) is 4.15. The van der Waals surface area contributed by atoms with Gasteiger partial charge >= 0.3 is 0 Å². The molecule has 118 valence electrons. The molecule has 2 aromatic carbocycles. The van der Waals surface area contributed by atoms with E-state index in [2.05, 4.69) is 12.0 Å². The molecule has 0 radical (unpaired) electrons. The van der Waals surface area contributed by atoms with Crippen molar-refractivity contribution in [2.75, 3.05) is 0 Å². The average molecular weight is 315 g/mol. The number of aryl methyl sites for hydroxylation is 1. The van der Waals surface area contributed by atoms with Gasteiger partial charge in [0.05, 0.1) is 12.2 Å². The minimum absolute atomic E-state index is 0.0350. The van der Waals surface area contributed by atoms with Crippen molar-refractivity contribution in [3.63, 3.8) is 0 Å². The number of rotatable bonds is 3. The molecule has 0 atom stereocenters. The van der Waals surface area contributed by atoms with E-state index in [4.69, 9.17) is 0 Å². The van der Waals surface area contributed by atoms with Crippen LogP contribution in [-0.2, 0) is 6.54 Å². The van der Waals surface area contributed by atoms with E-state index in [9.17, 15) is 4.79 Å². The van der Waals surface area contributed by atoms with Crippen LogP contribution >= 0.6 is 0 Å². The van der Waals surface area contributed by atoms with Crippen molar-refractivity contribution >= 4 is 5.52 Å². The van der Waals surface area contributed by atoms with Crippen LogP contribution in [0, 0.1) is 6.92 Å². The van der Waals surface area contributed by atoms with E-state index in [1.165, 1.54) is 5.56 Å². The number of benzene rings is 2. The van der Waals surface area contributed by atoms with Crippen LogP contribution in [0.5, 0.6) is 0 Å². The van der Waals surface area contributed by atoms with Gasteiger partial charge in [0.2, 0.25) is 0 Å². The summed E-state index contributed by atoms with van der Waals surface area (Å²) >= 11 is 0. The third kappa shape index (κ3) is 2.63. The first-order valence-corrected chi connectivity index (χ1v) is 7.90. The second-order valence-electron chi connectivity index (χ2n) is 5.94. The van der Waals surface area contributed by atoms with Crippen molar-refractivity contribution in [2.45, 2.75) is 13.5 Å². The minimum Gasteiger partial charge on any atom is -0.308 e. The molecule has 4 heteroatoms. The Kier molecular flexibility index (Phi) is 3.50. The van der Waals surface area contributed by atoms with Crippen LogP contribution in [0.1, 0.15) is 11.1 Å². The average Bonchev–Trinajstić information content (AvgIpc) is 3.04. The van der Waals surface area contributed by atoms with Gasteiger partial charge in [0.25, 0.3) is 5.56 Å². The predicted molar refractivity (Wildman–Crippen MR) is 95.2 cm³/mol. The van der Waals surface area contributed by atoms with E-state index in [0.29, 0.717) is 12.1 Å². The molecule has 0 amide bonds.